The van der Waals surface area contributed by atoms with Gasteiger partial charge in [-0.25, -0.2) is 0 Å². The summed E-state index contributed by atoms with van der Waals surface area (Å²) in [5, 5.41) is 17.8. The Kier molecular flexibility index (Phi) is 4.93. The smallest absolute Gasteiger partial charge is 0.307 e. The Morgan fingerprint density at radius 1 is 1.39 bits per heavy atom. The summed E-state index contributed by atoms with van der Waals surface area (Å²) in [6, 6.07) is 0. The van der Waals surface area contributed by atoms with E-state index in [9.17, 15) is 19.0 Å². The highest BCUT2D eigenvalue weighted by Crippen LogP contribution is 2.52. The van der Waals surface area contributed by atoms with Crippen LogP contribution < -0.4 is 0 Å². The molecular formula is C11H19O6P. The molecule has 0 aliphatic heterocycles. The van der Waals surface area contributed by atoms with Gasteiger partial charge in [0.05, 0.1) is 11.8 Å². The van der Waals surface area contributed by atoms with Gasteiger partial charge in [-0.15, -0.1) is 0 Å². The summed E-state index contributed by atoms with van der Waals surface area (Å²) < 4.78 is 11.8. The van der Waals surface area contributed by atoms with Gasteiger partial charge in [-0.3, -0.25) is 14.2 Å². The molecule has 3 N–H and O–H groups in total. The Bertz CT molecular complexity index is 380. The topological polar surface area (TPSA) is 112 Å². The lowest BCUT2D eigenvalue weighted by Gasteiger charge is -2.16. The summed E-state index contributed by atoms with van der Waals surface area (Å²) in [7, 11) is -3.46. The minimum Gasteiger partial charge on any atom is -0.481 e. The van der Waals surface area contributed by atoms with Crippen molar-refractivity contribution in [2.24, 2.45) is 17.8 Å². The summed E-state index contributed by atoms with van der Waals surface area (Å²) in [6.45, 7) is 1.88. The molecule has 18 heavy (non-hydrogen) atoms. The molecule has 1 aliphatic carbocycles. The van der Waals surface area contributed by atoms with Gasteiger partial charge in [0.1, 0.15) is 0 Å². The molecule has 0 saturated heterocycles. The van der Waals surface area contributed by atoms with E-state index in [2.05, 4.69) is 0 Å². The average molecular weight is 278 g/mol. The zero-order valence-electron chi connectivity index (χ0n) is 10.3. The summed E-state index contributed by atoms with van der Waals surface area (Å²) in [5.74, 6) is -4.37. The van der Waals surface area contributed by atoms with Crippen LogP contribution in [-0.2, 0) is 14.2 Å². The molecule has 7 heteroatoms. The Labute approximate surface area is 105 Å². The molecule has 0 spiro atoms. The van der Waals surface area contributed by atoms with Crippen molar-refractivity contribution in [1.29, 1.82) is 0 Å². The molecular weight excluding hydrogens is 259 g/mol. The van der Waals surface area contributed by atoms with E-state index in [4.69, 9.17) is 10.2 Å². The fourth-order valence-electron chi connectivity index (χ4n) is 2.14. The molecule has 0 radical (unpaired) electrons. The first kappa shape index (κ1) is 15.2. The lowest BCUT2D eigenvalue weighted by Crippen LogP contribution is -2.23. The number of unbranched alkanes of at least 4 members (excludes halogenated alkanes) is 1. The highest BCUT2D eigenvalue weighted by Gasteiger charge is 2.51. The van der Waals surface area contributed by atoms with Gasteiger partial charge in [-0.1, -0.05) is 13.3 Å². The third kappa shape index (κ3) is 4.10. The summed E-state index contributed by atoms with van der Waals surface area (Å²) in [4.78, 5) is 31.5. The number of carboxylic acid groups (broad SMARTS) is 2. The van der Waals surface area contributed by atoms with Crippen LogP contribution in [0.3, 0.4) is 0 Å². The molecule has 0 heterocycles. The first-order valence-corrected chi connectivity index (χ1v) is 8.08. The third-order valence-corrected chi connectivity index (χ3v) is 5.31. The summed E-state index contributed by atoms with van der Waals surface area (Å²) in [6.07, 6.45) is 1.44. The van der Waals surface area contributed by atoms with Gasteiger partial charge in [0.25, 0.3) is 0 Å². The van der Waals surface area contributed by atoms with Crippen molar-refractivity contribution >= 4 is 19.3 Å². The van der Waals surface area contributed by atoms with E-state index in [1.165, 1.54) is 0 Å². The van der Waals surface area contributed by atoms with Crippen LogP contribution in [0.25, 0.3) is 0 Å². The maximum absolute atomic E-state index is 11.8. The molecule has 4 atom stereocenters. The van der Waals surface area contributed by atoms with Crippen LogP contribution in [-0.4, -0.2) is 39.4 Å². The van der Waals surface area contributed by atoms with E-state index in [0.717, 1.165) is 6.42 Å². The molecule has 0 aromatic carbocycles. The van der Waals surface area contributed by atoms with E-state index in [1.54, 1.807) is 0 Å². The second-order valence-electron chi connectivity index (χ2n) is 4.90. The third-order valence-electron chi connectivity index (χ3n) is 3.33. The number of rotatable bonds is 8. The van der Waals surface area contributed by atoms with Gasteiger partial charge < -0.3 is 15.1 Å². The molecule has 1 aliphatic rings. The maximum Gasteiger partial charge on any atom is 0.307 e. The molecule has 4 unspecified atom stereocenters. The van der Waals surface area contributed by atoms with Crippen molar-refractivity contribution < 1.29 is 29.3 Å². The summed E-state index contributed by atoms with van der Waals surface area (Å²) in [5.41, 5.74) is 0. The second kappa shape index (κ2) is 5.85. The normalized spacial score (nSPS) is 27.2. The molecule has 0 amide bonds. The van der Waals surface area contributed by atoms with Gasteiger partial charge in [0.15, 0.2) is 0 Å². The van der Waals surface area contributed by atoms with E-state index < -0.39 is 37.1 Å². The zero-order chi connectivity index (χ0) is 13.9. The molecule has 1 rings (SSSR count). The predicted molar refractivity (Wildman–Crippen MR) is 64.8 cm³/mol. The lowest BCUT2D eigenvalue weighted by atomic mass is 10.1. The van der Waals surface area contributed by atoms with Crippen molar-refractivity contribution in [3.8, 4) is 0 Å². The number of carboxylic acids is 2. The highest BCUT2D eigenvalue weighted by molar-refractivity contribution is 7.58. The van der Waals surface area contributed by atoms with Crippen molar-refractivity contribution in [2.75, 3.05) is 12.3 Å². The molecule has 1 fully saturated rings. The van der Waals surface area contributed by atoms with Crippen molar-refractivity contribution in [3.05, 3.63) is 0 Å². The zero-order valence-corrected chi connectivity index (χ0v) is 11.2. The number of hydrogen-bond acceptors (Lipinski definition) is 3. The second-order valence-corrected chi connectivity index (χ2v) is 7.40. The van der Waals surface area contributed by atoms with Gasteiger partial charge in [-0.05, 0) is 18.8 Å². The van der Waals surface area contributed by atoms with Crippen LogP contribution in [0.2, 0.25) is 0 Å². The van der Waals surface area contributed by atoms with Crippen molar-refractivity contribution in [2.45, 2.75) is 26.2 Å². The van der Waals surface area contributed by atoms with Crippen molar-refractivity contribution in [3.63, 3.8) is 0 Å². The molecule has 1 saturated carbocycles. The Hall–Kier alpha value is -0.870. The molecule has 104 valence electrons. The standard InChI is InChI=1S/C11H19O6P/c1-2-3-4-18(16,17)6-9(11(14)15)7-5-8(7)10(12)13/h7-9H,2-6H2,1H3,(H,12,13)(H,14,15)(H,16,17). The van der Waals surface area contributed by atoms with Crippen LogP contribution in [0.15, 0.2) is 0 Å². The number of aliphatic carboxylic acids is 2. The first-order valence-electron chi connectivity index (χ1n) is 6.05. The molecule has 0 bridgehead atoms. The van der Waals surface area contributed by atoms with E-state index in [0.29, 0.717) is 12.8 Å². The monoisotopic (exact) mass is 278 g/mol. The minimum absolute atomic E-state index is 0.109. The maximum atomic E-state index is 11.8. The van der Waals surface area contributed by atoms with E-state index in [1.807, 2.05) is 6.92 Å². The summed E-state index contributed by atoms with van der Waals surface area (Å²) >= 11 is 0. The molecule has 0 aromatic rings. The largest absolute Gasteiger partial charge is 0.481 e. The number of hydrogen-bond donors (Lipinski definition) is 3. The van der Waals surface area contributed by atoms with Crippen LogP contribution in [0, 0.1) is 17.8 Å². The van der Waals surface area contributed by atoms with E-state index >= 15 is 0 Å². The Morgan fingerprint density at radius 2 is 2.00 bits per heavy atom. The predicted octanol–water partition coefficient (Wildman–Crippen LogP) is 1.48. The highest BCUT2D eigenvalue weighted by atomic mass is 31.2. The van der Waals surface area contributed by atoms with Crippen LogP contribution in [0.1, 0.15) is 26.2 Å². The molecule has 0 aromatic heterocycles. The Morgan fingerprint density at radius 3 is 2.39 bits per heavy atom. The lowest BCUT2D eigenvalue weighted by molar-refractivity contribution is -0.142. The van der Waals surface area contributed by atoms with Crippen LogP contribution >= 0.6 is 7.37 Å². The van der Waals surface area contributed by atoms with Crippen molar-refractivity contribution in [1.82, 2.24) is 0 Å². The van der Waals surface area contributed by atoms with Crippen LogP contribution in [0.5, 0.6) is 0 Å². The quantitative estimate of drug-likeness (QED) is 0.580. The van der Waals surface area contributed by atoms with Gasteiger partial charge in [0, 0.05) is 12.3 Å². The fraction of sp³-hybridized carbons (Fsp3) is 0.818. The van der Waals surface area contributed by atoms with Gasteiger partial charge >= 0.3 is 11.9 Å². The van der Waals surface area contributed by atoms with Crippen LogP contribution in [0.4, 0.5) is 0 Å². The van der Waals surface area contributed by atoms with E-state index in [-0.39, 0.29) is 12.3 Å². The Balaban J connectivity index is 2.62. The minimum atomic E-state index is -3.46. The fourth-order valence-corrected chi connectivity index (χ4v) is 4.18. The SMILES string of the molecule is CCCCP(=O)(O)CC(C(=O)O)C1CC1C(=O)O. The average Bonchev–Trinajstić information content (AvgIpc) is 3.03. The number of carbonyl (C=O) groups is 2. The molecule has 6 nitrogen and oxygen atoms in total. The van der Waals surface area contributed by atoms with Gasteiger partial charge in [0.2, 0.25) is 7.37 Å². The first-order chi connectivity index (χ1) is 8.28. The van der Waals surface area contributed by atoms with Gasteiger partial charge in [-0.2, -0.15) is 0 Å².